The first-order valence-corrected chi connectivity index (χ1v) is 9.56. The van der Waals surface area contributed by atoms with E-state index in [0.717, 1.165) is 6.42 Å². The van der Waals surface area contributed by atoms with Crippen LogP contribution in [-0.4, -0.2) is 0 Å². The van der Waals surface area contributed by atoms with Crippen molar-refractivity contribution in [2.24, 2.45) is 0 Å². The highest BCUT2D eigenvalue weighted by atomic mass is 14.2. The van der Waals surface area contributed by atoms with Crippen LogP contribution in [0.25, 0.3) is 27.6 Å². The molecule has 0 bridgehead atoms. The minimum absolute atomic E-state index is 0.344. The summed E-state index contributed by atoms with van der Waals surface area (Å²) < 4.78 is 0. The van der Waals surface area contributed by atoms with Gasteiger partial charge in [0.2, 0.25) is 0 Å². The lowest BCUT2D eigenvalue weighted by Gasteiger charge is -2.18. The van der Waals surface area contributed by atoms with Crippen LogP contribution < -0.4 is 0 Å². The van der Waals surface area contributed by atoms with Gasteiger partial charge in [0, 0.05) is 5.92 Å². The SMILES string of the molecule is CCCc1cc(C2C=Cc3ccccc32)c2c(ccc3ccccc32)c1. The molecule has 4 aromatic carbocycles. The van der Waals surface area contributed by atoms with E-state index in [1.54, 1.807) is 0 Å². The van der Waals surface area contributed by atoms with Crippen LogP contribution in [0.5, 0.6) is 0 Å². The minimum Gasteiger partial charge on any atom is -0.0720 e. The van der Waals surface area contributed by atoms with Crippen molar-refractivity contribution in [1.29, 1.82) is 0 Å². The quantitative estimate of drug-likeness (QED) is 0.350. The van der Waals surface area contributed by atoms with Gasteiger partial charge in [-0.1, -0.05) is 98.3 Å². The fraction of sp³-hybridized carbons (Fsp3) is 0.154. The predicted molar refractivity (Wildman–Crippen MR) is 113 cm³/mol. The summed E-state index contributed by atoms with van der Waals surface area (Å²) in [6.07, 6.45) is 6.96. The zero-order chi connectivity index (χ0) is 17.5. The molecule has 0 aliphatic heterocycles. The predicted octanol–water partition coefficient (Wildman–Crippen LogP) is 7.10. The Hall–Kier alpha value is -2.86. The summed E-state index contributed by atoms with van der Waals surface area (Å²) in [6, 6.07) is 27.0. The first-order chi connectivity index (χ1) is 12.8. The normalized spacial score (nSPS) is 15.7. The van der Waals surface area contributed by atoms with E-state index in [-0.39, 0.29) is 0 Å². The highest BCUT2D eigenvalue weighted by molar-refractivity contribution is 6.10. The van der Waals surface area contributed by atoms with E-state index in [4.69, 9.17) is 0 Å². The van der Waals surface area contributed by atoms with Crippen molar-refractivity contribution in [1.82, 2.24) is 0 Å². The monoisotopic (exact) mass is 334 g/mol. The zero-order valence-corrected chi connectivity index (χ0v) is 15.1. The molecule has 0 heteroatoms. The fourth-order valence-corrected chi connectivity index (χ4v) is 4.44. The molecule has 0 N–H and O–H groups in total. The van der Waals surface area contributed by atoms with E-state index in [9.17, 15) is 0 Å². The van der Waals surface area contributed by atoms with Crippen LogP contribution in [-0.2, 0) is 6.42 Å². The Morgan fingerprint density at radius 2 is 1.58 bits per heavy atom. The molecule has 4 aromatic rings. The molecule has 1 aliphatic carbocycles. The average molecular weight is 334 g/mol. The topological polar surface area (TPSA) is 0 Å². The number of aryl methyl sites for hydroxylation is 1. The van der Waals surface area contributed by atoms with E-state index in [0.29, 0.717) is 5.92 Å². The molecule has 5 rings (SSSR count). The first kappa shape index (κ1) is 15.4. The maximum absolute atomic E-state index is 2.45. The lowest BCUT2D eigenvalue weighted by molar-refractivity contribution is 0.918. The molecule has 1 aliphatic rings. The maximum Gasteiger partial charge on any atom is 0.0285 e. The summed E-state index contributed by atoms with van der Waals surface area (Å²) in [7, 11) is 0. The van der Waals surface area contributed by atoms with E-state index >= 15 is 0 Å². The van der Waals surface area contributed by atoms with Crippen molar-refractivity contribution in [3.8, 4) is 0 Å². The third-order valence-electron chi connectivity index (χ3n) is 5.60. The number of hydrogen-bond acceptors (Lipinski definition) is 0. The van der Waals surface area contributed by atoms with Gasteiger partial charge in [-0.25, -0.2) is 0 Å². The van der Waals surface area contributed by atoms with Crippen molar-refractivity contribution in [2.75, 3.05) is 0 Å². The van der Waals surface area contributed by atoms with Gasteiger partial charge < -0.3 is 0 Å². The van der Waals surface area contributed by atoms with Crippen LogP contribution in [0.1, 0.15) is 41.5 Å². The highest BCUT2D eigenvalue weighted by Gasteiger charge is 2.22. The first-order valence-electron chi connectivity index (χ1n) is 9.56. The second kappa shape index (κ2) is 6.14. The molecule has 1 atom stereocenters. The number of allylic oxidation sites excluding steroid dienone is 1. The smallest absolute Gasteiger partial charge is 0.0285 e. The number of benzene rings is 4. The molecule has 1 unspecified atom stereocenters. The van der Waals surface area contributed by atoms with Gasteiger partial charge in [0.25, 0.3) is 0 Å². The average Bonchev–Trinajstić information content (AvgIpc) is 3.11. The van der Waals surface area contributed by atoms with Crippen LogP contribution in [0, 0.1) is 0 Å². The third-order valence-corrected chi connectivity index (χ3v) is 5.60. The van der Waals surface area contributed by atoms with Gasteiger partial charge >= 0.3 is 0 Å². The molecule has 26 heavy (non-hydrogen) atoms. The summed E-state index contributed by atoms with van der Waals surface area (Å²) in [5.74, 6) is 0.344. The van der Waals surface area contributed by atoms with E-state index in [1.165, 1.54) is 50.2 Å². The molecule has 0 fully saturated rings. The van der Waals surface area contributed by atoms with Crippen LogP contribution in [0.4, 0.5) is 0 Å². The lowest BCUT2D eigenvalue weighted by atomic mass is 9.85. The Kier molecular flexibility index (Phi) is 3.64. The van der Waals surface area contributed by atoms with Crippen molar-refractivity contribution in [2.45, 2.75) is 25.7 Å². The third kappa shape index (κ3) is 2.37. The standard InChI is InChI=1S/C26H22/c1-2-7-18-16-21-13-12-20-9-4-6-11-23(20)26(21)25(17-18)24-15-14-19-8-3-5-10-22(19)24/h3-6,8-17,24H,2,7H2,1H3. The molecule has 126 valence electrons. The van der Waals surface area contributed by atoms with Crippen molar-refractivity contribution in [3.05, 3.63) is 101 Å². The molecule has 0 amide bonds. The lowest BCUT2D eigenvalue weighted by Crippen LogP contribution is -1.99. The summed E-state index contributed by atoms with van der Waals surface area (Å²) in [5.41, 5.74) is 5.68. The summed E-state index contributed by atoms with van der Waals surface area (Å²) >= 11 is 0. The van der Waals surface area contributed by atoms with E-state index in [1.807, 2.05) is 0 Å². The summed E-state index contributed by atoms with van der Waals surface area (Å²) in [4.78, 5) is 0. The second-order valence-electron chi connectivity index (χ2n) is 7.29. The van der Waals surface area contributed by atoms with Gasteiger partial charge in [-0.05, 0) is 50.2 Å². The van der Waals surface area contributed by atoms with Gasteiger partial charge in [-0.15, -0.1) is 0 Å². The molecule has 0 nitrogen and oxygen atoms in total. The van der Waals surface area contributed by atoms with Crippen LogP contribution in [0.15, 0.2) is 78.9 Å². The largest absolute Gasteiger partial charge is 0.0720 e. The molecule has 0 saturated carbocycles. The van der Waals surface area contributed by atoms with Crippen LogP contribution >= 0.6 is 0 Å². The number of hydrogen-bond donors (Lipinski definition) is 0. The molecular formula is C26H22. The van der Waals surface area contributed by atoms with Gasteiger partial charge in [0.05, 0.1) is 0 Å². The Morgan fingerprint density at radius 1 is 0.769 bits per heavy atom. The Labute approximate surface area is 154 Å². The minimum atomic E-state index is 0.344. The van der Waals surface area contributed by atoms with Crippen LogP contribution in [0.3, 0.4) is 0 Å². The number of fused-ring (bicyclic) bond motifs is 4. The van der Waals surface area contributed by atoms with Crippen molar-refractivity contribution < 1.29 is 0 Å². The number of rotatable bonds is 3. The van der Waals surface area contributed by atoms with E-state index < -0.39 is 0 Å². The molecule has 0 heterocycles. The van der Waals surface area contributed by atoms with Crippen molar-refractivity contribution >= 4 is 27.6 Å². The van der Waals surface area contributed by atoms with Gasteiger partial charge in [0.1, 0.15) is 0 Å². The zero-order valence-electron chi connectivity index (χ0n) is 15.1. The van der Waals surface area contributed by atoms with Gasteiger partial charge in [-0.3, -0.25) is 0 Å². The van der Waals surface area contributed by atoms with Gasteiger partial charge in [-0.2, -0.15) is 0 Å². The Bertz CT molecular complexity index is 1150. The molecular weight excluding hydrogens is 312 g/mol. The molecule has 0 radical (unpaired) electrons. The van der Waals surface area contributed by atoms with E-state index in [2.05, 4.69) is 91.9 Å². The molecule has 0 saturated heterocycles. The van der Waals surface area contributed by atoms with Crippen LogP contribution in [0.2, 0.25) is 0 Å². The fourth-order valence-electron chi connectivity index (χ4n) is 4.44. The highest BCUT2D eigenvalue weighted by Crippen LogP contribution is 2.41. The second-order valence-corrected chi connectivity index (χ2v) is 7.29. The van der Waals surface area contributed by atoms with Gasteiger partial charge in [0.15, 0.2) is 0 Å². The summed E-state index contributed by atoms with van der Waals surface area (Å²) in [6.45, 7) is 2.26. The maximum atomic E-state index is 2.45. The Balaban J connectivity index is 1.85. The molecule has 0 aromatic heterocycles. The summed E-state index contributed by atoms with van der Waals surface area (Å²) in [5, 5.41) is 5.46. The van der Waals surface area contributed by atoms with Crippen molar-refractivity contribution in [3.63, 3.8) is 0 Å². The molecule has 0 spiro atoms. The Morgan fingerprint density at radius 3 is 2.50 bits per heavy atom.